The van der Waals surface area contributed by atoms with Crippen molar-refractivity contribution in [3.8, 4) is 17.0 Å². The maximum atomic E-state index is 9.23. The molecule has 0 aliphatic carbocycles. The second-order valence-electron chi connectivity index (χ2n) is 5.49. The molecule has 0 saturated heterocycles. The Balaban J connectivity index is 1.97. The van der Waals surface area contributed by atoms with Gasteiger partial charge in [0.05, 0.1) is 18.2 Å². The van der Waals surface area contributed by atoms with Gasteiger partial charge in [0.1, 0.15) is 16.9 Å². The topological polar surface area (TPSA) is 75.7 Å². The van der Waals surface area contributed by atoms with Gasteiger partial charge in [0.2, 0.25) is 0 Å². The van der Waals surface area contributed by atoms with Gasteiger partial charge in [-0.15, -0.1) is 0 Å². The van der Waals surface area contributed by atoms with E-state index in [-0.39, 0.29) is 0 Å². The first-order valence-electron chi connectivity index (χ1n) is 7.49. The van der Waals surface area contributed by atoms with Crippen molar-refractivity contribution in [1.29, 1.82) is 0 Å². The zero-order chi connectivity index (χ0) is 16.7. The van der Waals surface area contributed by atoms with E-state index in [1.807, 2.05) is 36.4 Å². The second kappa shape index (κ2) is 5.67. The van der Waals surface area contributed by atoms with Gasteiger partial charge in [0, 0.05) is 17.1 Å². The fourth-order valence-corrected chi connectivity index (χ4v) is 2.86. The van der Waals surface area contributed by atoms with Crippen LogP contribution in [0, 0.1) is 0 Å². The van der Waals surface area contributed by atoms with E-state index in [0.717, 1.165) is 38.9 Å². The van der Waals surface area contributed by atoms with Crippen molar-refractivity contribution in [2.45, 2.75) is 0 Å². The third kappa shape index (κ3) is 2.33. The molecular weight excluding hydrogens is 305 g/mol. The highest BCUT2D eigenvalue weighted by Crippen LogP contribution is 2.36. The van der Waals surface area contributed by atoms with E-state index in [0.29, 0.717) is 5.46 Å². The molecule has 2 aromatic carbocycles. The molecule has 0 amide bonds. The molecule has 0 atom stereocenters. The molecule has 4 aromatic rings. The molecule has 0 bridgehead atoms. The molecule has 24 heavy (non-hydrogen) atoms. The van der Waals surface area contributed by atoms with Crippen molar-refractivity contribution < 1.29 is 19.2 Å². The Morgan fingerprint density at radius 1 is 1.00 bits per heavy atom. The molecule has 0 radical (unpaired) electrons. The summed E-state index contributed by atoms with van der Waals surface area (Å²) in [6, 6.07) is 14.5. The maximum Gasteiger partial charge on any atom is 0.488 e. The predicted molar refractivity (Wildman–Crippen MR) is 93.3 cm³/mol. The number of nitrogens with zero attached hydrogens (tertiary/aromatic N) is 1. The summed E-state index contributed by atoms with van der Waals surface area (Å²) in [5, 5.41) is 20.3. The Kier molecular flexibility index (Phi) is 3.48. The van der Waals surface area contributed by atoms with Crippen molar-refractivity contribution in [3.63, 3.8) is 0 Å². The fourth-order valence-electron chi connectivity index (χ4n) is 2.86. The molecule has 118 valence electrons. The normalized spacial score (nSPS) is 11.1. The highest BCUT2D eigenvalue weighted by atomic mass is 16.5. The Bertz CT molecular complexity index is 1020. The van der Waals surface area contributed by atoms with Gasteiger partial charge >= 0.3 is 7.12 Å². The molecule has 2 N–H and O–H groups in total. The number of benzene rings is 2. The molecule has 0 fully saturated rings. The molecule has 4 rings (SSSR count). The first-order valence-corrected chi connectivity index (χ1v) is 7.49. The summed E-state index contributed by atoms with van der Waals surface area (Å²) in [6.45, 7) is 0. The molecule has 6 heteroatoms. The highest BCUT2D eigenvalue weighted by molar-refractivity contribution is 6.58. The lowest BCUT2D eigenvalue weighted by molar-refractivity contribution is 0.415. The van der Waals surface area contributed by atoms with E-state index < -0.39 is 7.12 Å². The van der Waals surface area contributed by atoms with Crippen LogP contribution >= 0.6 is 0 Å². The minimum absolute atomic E-state index is 0.435. The van der Waals surface area contributed by atoms with Gasteiger partial charge in [-0.25, -0.2) is 0 Å². The van der Waals surface area contributed by atoms with E-state index in [1.54, 1.807) is 25.4 Å². The monoisotopic (exact) mass is 319 g/mol. The van der Waals surface area contributed by atoms with Crippen LogP contribution in [0.5, 0.6) is 5.75 Å². The van der Waals surface area contributed by atoms with Crippen LogP contribution in [0.3, 0.4) is 0 Å². The number of methoxy groups -OCH3 is 1. The molecule has 0 unspecified atom stereocenters. The Labute approximate surface area is 138 Å². The Morgan fingerprint density at radius 2 is 1.79 bits per heavy atom. The fraction of sp³-hybridized carbons (Fsp3) is 0.0556. The van der Waals surface area contributed by atoms with Crippen LogP contribution in [0.25, 0.3) is 33.2 Å². The second-order valence-corrected chi connectivity index (χ2v) is 5.49. The lowest BCUT2D eigenvalue weighted by atomic mass is 9.80. The number of aromatic nitrogens is 1. The predicted octanol–water partition coefficient (Wildman–Crippen LogP) is 2.34. The van der Waals surface area contributed by atoms with Crippen molar-refractivity contribution in [1.82, 2.24) is 4.98 Å². The average molecular weight is 319 g/mol. The molecule has 0 saturated carbocycles. The lowest BCUT2D eigenvalue weighted by Crippen LogP contribution is -2.29. The first kappa shape index (κ1) is 14.7. The molecular formula is C18H14BNO4. The summed E-state index contributed by atoms with van der Waals surface area (Å²) in [7, 11) is 0.142. The SMILES string of the molecule is COc1ccc2oc3ccnc(-c4ccc(B(O)O)cc4)c3c2c1. The van der Waals surface area contributed by atoms with Gasteiger partial charge in [-0.3, -0.25) is 4.98 Å². The van der Waals surface area contributed by atoms with E-state index in [2.05, 4.69) is 4.98 Å². The number of fused-ring (bicyclic) bond motifs is 3. The van der Waals surface area contributed by atoms with Crippen LogP contribution in [0.4, 0.5) is 0 Å². The van der Waals surface area contributed by atoms with Crippen LogP contribution in [0.1, 0.15) is 0 Å². The van der Waals surface area contributed by atoms with Gasteiger partial charge in [0.25, 0.3) is 0 Å². The number of rotatable bonds is 3. The molecule has 2 heterocycles. The zero-order valence-corrected chi connectivity index (χ0v) is 12.9. The summed E-state index contributed by atoms with van der Waals surface area (Å²) < 4.78 is 11.2. The van der Waals surface area contributed by atoms with Crippen molar-refractivity contribution in [2.75, 3.05) is 7.11 Å². The largest absolute Gasteiger partial charge is 0.497 e. The Morgan fingerprint density at radius 3 is 2.50 bits per heavy atom. The quantitative estimate of drug-likeness (QED) is 0.567. The number of ether oxygens (including phenoxy) is 1. The number of furan rings is 1. The van der Waals surface area contributed by atoms with Gasteiger partial charge < -0.3 is 19.2 Å². The van der Waals surface area contributed by atoms with Gasteiger partial charge in [-0.05, 0) is 29.7 Å². The molecule has 0 spiro atoms. The van der Waals surface area contributed by atoms with E-state index >= 15 is 0 Å². The average Bonchev–Trinajstić information content (AvgIpc) is 2.99. The van der Waals surface area contributed by atoms with Gasteiger partial charge in [-0.1, -0.05) is 24.3 Å². The van der Waals surface area contributed by atoms with Crippen LogP contribution in [0.15, 0.2) is 59.1 Å². The minimum Gasteiger partial charge on any atom is -0.497 e. The van der Waals surface area contributed by atoms with Crippen LogP contribution in [-0.2, 0) is 0 Å². The number of hydrogen-bond acceptors (Lipinski definition) is 5. The third-order valence-electron chi connectivity index (χ3n) is 4.07. The maximum absolute atomic E-state index is 9.23. The molecule has 5 nitrogen and oxygen atoms in total. The highest BCUT2D eigenvalue weighted by Gasteiger charge is 2.15. The minimum atomic E-state index is -1.48. The summed E-state index contributed by atoms with van der Waals surface area (Å²) in [6.07, 6.45) is 1.70. The molecule has 0 aliphatic rings. The first-order chi connectivity index (χ1) is 11.7. The summed E-state index contributed by atoms with van der Waals surface area (Å²) >= 11 is 0. The van der Waals surface area contributed by atoms with Crippen LogP contribution < -0.4 is 10.2 Å². The van der Waals surface area contributed by atoms with Crippen LogP contribution in [-0.4, -0.2) is 29.3 Å². The summed E-state index contributed by atoms with van der Waals surface area (Å²) in [5.41, 5.74) is 3.59. The lowest BCUT2D eigenvalue weighted by Gasteiger charge is -2.05. The van der Waals surface area contributed by atoms with Crippen molar-refractivity contribution >= 4 is 34.5 Å². The van der Waals surface area contributed by atoms with Gasteiger partial charge in [0.15, 0.2) is 0 Å². The Hall–Kier alpha value is -2.83. The summed E-state index contributed by atoms with van der Waals surface area (Å²) in [5.74, 6) is 0.749. The zero-order valence-electron chi connectivity index (χ0n) is 12.9. The summed E-state index contributed by atoms with van der Waals surface area (Å²) in [4.78, 5) is 4.50. The van der Waals surface area contributed by atoms with Crippen molar-refractivity contribution in [3.05, 3.63) is 54.7 Å². The van der Waals surface area contributed by atoms with E-state index in [1.165, 1.54) is 0 Å². The van der Waals surface area contributed by atoms with Crippen LogP contribution in [0.2, 0.25) is 0 Å². The van der Waals surface area contributed by atoms with Crippen molar-refractivity contribution in [2.24, 2.45) is 0 Å². The third-order valence-corrected chi connectivity index (χ3v) is 4.07. The standard InChI is InChI=1S/C18H14BNO4/c1-23-13-6-7-15-14(10-13)17-16(24-15)8-9-20-18(17)11-2-4-12(5-3-11)19(21)22/h2-10,21-22H,1H3. The molecule has 2 aromatic heterocycles. The number of hydrogen-bond donors (Lipinski definition) is 2. The van der Waals surface area contributed by atoms with E-state index in [4.69, 9.17) is 9.15 Å². The van der Waals surface area contributed by atoms with Gasteiger partial charge in [-0.2, -0.15) is 0 Å². The smallest absolute Gasteiger partial charge is 0.488 e. The number of pyridine rings is 1. The molecule has 0 aliphatic heterocycles. The van der Waals surface area contributed by atoms with E-state index in [9.17, 15) is 10.0 Å².